The Balaban J connectivity index is 2.00. The van der Waals surface area contributed by atoms with Gasteiger partial charge < -0.3 is 9.47 Å². The molecular formula is C15H11BN2O. The third kappa shape index (κ3) is 1.26. The molecule has 2 aromatic rings. The van der Waals surface area contributed by atoms with Gasteiger partial charge in [-0.15, -0.1) is 0 Å². The fraction of sp³-hybridized carbons (Fsp3) is 0. The number of fused-ring (bicyclic) bond motifs is 5. The van der Waals surface area contributed by atoms with Crippen LogP contribution < -0.4 is 9.47 Å². The highest BCUT2D eigenvalue weighted by Gasteiger charge is 2.45. The summed E-state index contributed by atoms with van der Waals surface area (Å²) in [6.07, 6.45) is 1.78. The van der Waals surface area contributed by atoms with Gasteiger partial charge in [0.25, 0.3) is 0 Å². The van der Waals surface area contributed by atoms with E-state index in [-0.39, 0.29) is 7.05 Å². The first kappa shape index (κ1) is 10.4. The average molecular weight is 246 g/mol. The minimum Gasteiger partial charge on any atom is -0.536 e. The highest BCUT2D eigenvalue weighted by molar-refractivity contribution is 6.72. The molecule has 19 heavy (non-hydrogen) atoms. The van der Waals surface area contributed by atoms with Crippen LogP contribution in [0.3, 0.4) is 0 Å². The third-order valence-electron chi connectivity index (χ3n) is 3.62. The minimum absolute atomic E-state index is 0.207. The molecule has 0 aliphatic carbocycles. The summed E-state index contributed by atoms with van der Waals surface area (Å²) in [7, 11) is -0.207. The van der Waals surface area contributed by atoms with E-state index in [9.17, 15) is 0 Å². The van der Waals surface area contributed by atoms with E-state index in [0.29, 0.717) is 0 Å². The number of pyridine rings is 1. The summed E-state index contributed by atoms with van der Waals surface area (Å²) in [4.78, 5) is 6.56. The first-order chi connectivity index (χ1) is 9.27. The van der Waals surface area contributed by atoms with Gasteiger partial charge in [0.05, 0.1) is 17.1 Å². The van der Waals surface area contributed by atoms with Gasteiger partial charge in [0.15, 0.2) is 0 Å². The van der Waals surface area contributed by atoms with E-state index < -0.39 is 0 Å². The Kier molecular flexibility index (Phi) is 1.93. The topological polar surface area (TPSA) is 25.4 Å². The van der Waals surface area contributed by atoms with Crippen molar-refractivity contribution < 1.29 is 4.65 Å². The van der Waals surface area contributed by atoms with Crippen molar-refractivity contribution in [2.45, 2.75) is 0 Å². The minimum atomic E-state index is -0.207. The number of hydrogen-bond donors (Lipinski definition) is 0. The van der Waals surface area contributed by atoms with Gasteiger partial charge >= 0.3 is 7.05 Å². The van der Waals surface area contributed by atoms with E-state index in [2.05, 4.69) is 23.0 Å². The molecule has 4 rings (SSSR count). The quantitative estimate of drug-likeness (QED) is 0.667. The van der Waals surface area contributed by atoms with Crippen LogP contribution in [0, 0.1) is 0 Å². The molecule has 3 nitrogen and oxygen atoms in total. The van der Waals surface area contributed by atoms with Crippen molar-refractivity contribution in [1.29, 1.82) is 0 Å². The molecule has 0 spiro atoms. The largest absolute Gasteiger partial charge is 0.536 e. The number of para-hydroxylation sites is 2. The normalized spacial score (nSPS) is 15.8. The molecule has 0 bridgehead atoms. The number of hydrogen-bond acceptors (Lipinski definition) is 3. The molecule has 0 amide bonds. The first-order valence-electron chi connectivity index (χ1n) is 6.16. The Morgan fingerprint density at radius 2 is 1.84 bits per heavy atom. The summed E-state index contributed by atoms with van der Waals surface area (Å²) in [5.74, 6) is 0.873. The second kappa shape index (κ2) is 3.51. The zero-order chi connectivity index (χ0) is 13.0. The molecule has 0 unspecified atom stereocenters. The number of nitrogens with zero attached hydrogens (tertiary/aromatic N) is 2. The van der Waals surface area contributed by atoms with E-state index in [1.165, 1.54) is 0 Å². The maximum absolute atomic E-state index is 5.99. The third-order valence-corrected chi connectivity index (χ3v) is 3.62. The monoisotopic (exact) mass is 246 g/mol. The van der Waals surface area contributed by atoms with Gasteiger partial charge in [0.2, 0.25) is 0 Å². The summed E-state index contributed by atoms with van der Waals surface area (Å²) < 4.78 is 5.99. The summed E-state index contributed by atoms with van der Waals surface area (Å²) in [5.41, 5.74) is 4.67. The SMILES string of the molecule is C=C1B2Oc3ccccc3N2c2cccnc2C1=C. The zero-order valence-electron chi connectivity index (χ0n) is 10.3. The molecule has 0 fully saturated rings. The van der Waals surface area contributed by atoms with E-state index in [4.69, 9.17) is 4.65 Å². The lowest BCUT2D eigenvalue weighted by molar-refractivity contribution is 0.600. The average Bonchev–Trinajstić information content (AvgIpc) is 2.84. The molecule has 3 heterocycles. The van der Waals surface area contributed by atoms with Crippen molar-refractivity contribution in [3.8, 4) is 5.75 Å². The molecule has 1 aromatic heterocycles. The maximum atomic E-state index is 5.99. The van der Waals surface area contributed by atoms with E-state index in [0.717, 1.165) is 33.9 Å². The highest BCUT2D eigenvalue weighted by Crippen LogP contribution is 2.48. The smallest absolute Gasteiger partial charge is 0.524 e. The van der Waals surface area contributed by atoms with Crippen molar-refractivity contribution in [3.63, 3.8) is 0 Å². The number of benzene rings is 1. The Hall–Kier alpha value is -2.49. The van der Waals surface area contributed by atoms with Gasteiger partial charge in [-0.25, -0.2) is 0 Å². The molecule has 0 radical (unpaired) electrons. The van der Waals surface area contributed by atoms with E-state index >= 15 is 0 Å². The van der Waals surface area contributed by atoms with E-state index in [1.54, 1.807) is 6.20 Å². The second-order valence-corrected chi connectivity index (χ2v) is 4.68. The second-order valence-electron chi connectivity index (χ2n) is 4.68. The van der Waals surface area contributed by atoms with Crippen molar-refractivity contribution in [2.75, 3.05) is 4.81 Å². The van der Waals surface area contributed by atoms with Crippen LogP contribution in [0.15, 0.2) is 61.2 Å². The van der Waals surface area contributed by atoms with Gasteiger partial charge in [0.1, 0.15) is 5.75 Å². The van der Waals surface area contributed by atoms with Crippen LogP contribution in [-0.2, 0) is 0 Å². The number of anilines is 2. The molecule has 1 aromatic carbocycles. The fourth-order valence-electron chi connectivity index (χ4n) is 2.66. The van der Waals surface area contributed by atoms with Crippen LogP contribution >= 0.6 is 0 Å². The van der Waals surface area contributed by atoms with Crippen LogP contribution in [0.4, 0.5) is 11.4 Å². The van der Waals surface area contributed by atoms with Gasteiger partial charge in [-0.3, -0.25) is 4.98 Å². The predicted octanol–water partition coefficient (Wildman–Crippen LogP) is 3.22. The first-order valence-corrected chi connectivity index (χ1v) is 6.16. The van der Waals surface area contributed by atoms with Crippen LogP contribution in [0.5, 0.6) is 5.75 Å². The fourth-order valence-corrected chi connectivity index (χ4v) is 2.66. The van der Waals surface area contributed by atoms with Gasteiger partial charge in [0, 0.05) is 6.20 Å². The van der Waals surface area contributed by atoms with Crippen molar-refractivity contribution in [3.05, 3.63) is 66.9 Å². The summed E-state index contributed by atoms with van der Waals surface area (Å²) in [6, 6.07) is 12.0. The van der Waals surface area contributed by atoms with Crippen LogP contribution in [0.2, 0.25) is 0 Å². The maximum Gasteiger partial charge on any atom is 0.524 e. The van der Waals surface area contributed by atoms with Crippen molar-refractivity contribution in [2.24, 2.45) is 0 Å². The van der Waals surface area contributed by atoms with Gasteiger partial charge in [-0.2, -0.15) is 0 Å². The number of rotatable bonds is 0. The Bertz CT molecular complexity index is 726. The molecule has 0 atom stereocenters. The molecular weight excluding hydrogens is 235 g/mol. The molecule has 90 valence electrons. The lowest BCUT2D eigenvalue weighted by Gasteiger charge is -2.31. The Morgan fingerprint density at radius 1 is 1.05 bits per heavy atom. The number of aromatic nitrogens is 1. The van der Waals surface area contributed by atoms with Crippen LogP contribution in [-0.4, -0.2) is 12.0 Å². The summed E-state index contributed by atoms with van der Waals surface area (Å²) >= 11 is 0. The standard InChI is InChI=1S/C15H11BN2O/c1-10-11(2)16-18(13-7-5-9-17-15(10)13)12-6-3-4-8-14(12)19-16/h3-9H,1-2H2. The molecule has 0 saturated heterocycles. The molecule has 2 aliphatic rings. The Labute approximate surface area is 112 Å². The molecule has 0 N–H and O–H groups in total. The van der Waals surface area contributed by atoms with Gasteiger partial charge in [-0.05, 0) is 35.3 Å². The Morgan fingerprint density at radius 3 is 2.74 bits per heavy atom. The lowest BCUT2D eigenvalue weighted by atomic mass is 9.64. The van der Waals surface area contributed by atoms with Crippen molar-refractivity contribution in [1.82, 2.24) is 4.98 Å². The molecule has 2 aliphatic heterocycles. The van der Waals surface area contributed by atoms with E-state index in [1.807, 2.05) is 36.4 Å². The lowest BCUT2D eigenvalue weighted by Crippen LogP contribution is -2.41. The molecule has 0 saturated carbocycles. The summed E-state index contributed by atoms with van der Waals surface area (Å²) in [6.45, 7) is 8.20. The predicted molar refractivity (Wildman–Crippen MR) is 77.4 cm³/mol. The van der Waals surface area contributed by atoms with Gasteiger partial charge in [-0.1, -0.05) is 25.3 Å². The summed E-state index contributed by atoms with van der Waals surface area (Å²) in [5, 5.41) is 0. The van der Waals surface area contributed by atoms with Crippen molar-refractivity contribution >= 4 is 24.0 Å². The van der Waals surface area contributed by atoms with Crippen LogP contribution in [0.1, 0.15) is 5.69 Å². The van der Waals surface area contributed by atoms with Crippen LogP contribution in [0.25, 0.3) is 5.57 Å². The molecule has 4 heteroatoms. The highest BCUT2D eigenvalue weighted by atomic mass is 16.5. The zero-order valence-corrected chi connectivity index (χ0v) is 10.3. The number of allylic oxidation sites excluding steroid dienone is 2.